The Kier molecular flexibility index (Phi) is 7.36. The standard InChI is InChI=1S/C11H15Cl2NO.ClH/c1-2-3-10(15)11(14)8-5-4-7(12)6-9(8)13;/h4-6,10-11,15H,2-3,14H2,1H3;1H/t10-,11+;/m0./s1. The summed E-state index contributed by atoms with van der Waals surface area (Å²) in [6.45, 7) is 2.00. The Bertz CT molecular complexity index is 333. The second-order valence-electron chi connectivity index (χ2n) is 3.55. The van der Waals surface area contributed by atoms with Gasteiger partial charge in [0.05, 0.1) is 12.1 Å². The van der Waals surface area contributed by atoms with Gasteiger partial charge in [0.15, 0.2) is 0 Å². The lowest BCUT2D eigenvalue weighted by molar-refractivity contribution is 0.134. The van der Waals surface area contributed by atoms with E-state index in [1.807, 2.05) is 6.92 Å². The first-order chi connectivity index (χ1) is 7.06. The first kappa shape index (κ1) is 16.0. The lowest BCUT2D eigenvalue weighted by Gasteiger charge is -2.19. The Balaban J connectivity index is 0.00000225. The van der Waals surface area contributed by atoms with E-state index in [0.717, 1.165) is 12.0 Å². The SMILES string of the molecule is CCC[C@H](O)[C@H](N)c1ccc(Cl)cc1Cl.Cl. The van der Waals surface area contributed by atoms with E-state index in [2.05, 4.69) is 0 Å². The van der Waals surface area contributed by atoms with Crippen LogP contribution in [0.25, 0.3) is 0 Å². The highest BCUT2D eigenvalue weighted by molar-refractivity contribution is 6.35. The zero-order valence-corrected chi connectivity index (χ0v) is 11.3. The first-order valence-electron chi connectivity index (χ1n) is 4.94. The highest BCUT2D eigenvalue weighted by atomic mass is 35.5. The smallest absolute Gasteiger partial charge is 0.0733 e. The summed E-state index contributed by atoms with van der Waals surface area (Å²) in [4.78, 5) is 0. The molecule has 1 aromatic rings. The molecule has 0 radical (unpaired) electrons. The van der Waals surface area contributed by atoms with E-state index in [0.29, 0.717) is 16.5 Å². The lowest BCUT2D eigenvalue weighted by Crippen LogP contribution is -2.26. The Hall–Kier alpha value is 0.01000. The average Bonchev–Trinajstić information content (AvgIpc) is 2.17. The minimum Gasteiger partial charge on any atom is -0.391 e. The van der Waals surface area contributed by atoms with Gasteiger partial charge < -0.3 is 10.8 Å². The van der Waals surface area contributed by atoms with Crippen LogP contribution in [0.2, 0.25) is 10.0 Å². The summed E-state index contributed by atoms with van der Waals surface area (Å²) in [6, 6.07) is 4.67. The summed E-state index contributed by atoms with van der Waals surface area (Å²) in [6.07, 6.45) is 0.994. The van der Waals surface area contributed by atoms with Crippen molar-refractivity contribution in [1.29, 1.82) is 0 Å². The molecule has 0 aliphatic carbocycles. The number of aliphatic hydroxyl groups is 1. The zero-order chi connectivity index (χ0) is 11.4. The van der Waals surface area contributed by atoms with Gasteiger partial charge in [0.25, 0.3) is 0 Å². The third kappa shape index (κ3) is 4.11. The second-order valence-corrected chi connectivity index (χ2v) is 4.39. The highest BCUT2D eigenvalue weighted by Gasteiger charge is 2.18. The largest absolute Gasteiger partial charge is 0.391 e. The maximum Gasteiger partial charge on any atom is 0.0733 e. The van der Waals surface area contributed by atoms with Crippen LogP contribution in [0.5, 0.6) is 0 Å². The number of rotatable bonds is 4. The molecule has 0 saturated heterocycles. The molecule has 92 valence electrons. The first-order valence-corrected chi connectivity index (χ1v) is 5.70. The molecule has 3 N–H and O–H groups in total. The summed E-state index contributed by atoms with van der Waals surface area (Å²) < 4.78 is 0. The molecule has 16 heavy (non-hydrogen) atoms. The Morgan fingerprint density at radius 3 is 2.50 bits per heavy atom. The van der Waals surface area contributed by atoms with Gasteiger partial charge in [-0.25, -0.2) is 0 Å². The topological polar surface area (TPSA) is 46.2 Å². The van der Waals surface area contributed by atoms with Gasteiger partial charge in [0.1, 0.15) is 0 Å². The van der Waals surface area contributed by atoms with E-state index in [1.54, 1.807) is 18.2 Å². The summed E-state index contributed by atoms with van der Waals surface area (Å²) >= 11 is 11.8. The normalized spacial score (nSPS) is 14.1. The minimum atomic E-state index is -0.561. The second kappa shape index (κ2) is 7.36. The number of halogens is 3. The maximum absolute atomic E-state index is 9.75. The van der Waals surface area contributed by atoms with E-state index in [9.17, 15) is 5.11 Å². The van der Waals surface area contributed by atoms with E-state index in [-0.39, 0.29) is 12.4 Å². The van der Waals surface area contributed by atoms with Gasteiger partial charge in [-0.1, -0.05) is 42.6 Å². The van der Waals surface area contributed by atoms with Crippen molar-refractivity contribution in [3.63, 3.8) is 0 Å². The monoisotopic (exact) mass is 283 g/mol. The van der Waals surface area contributed by atoms with Gasteiger partial charge in [-0.05, 0) is 24.1 Å². The molecule has 0 aromatic heterocycles. The molecule has 0 fully saturated rings. The average molecular weight is 285 g/mol. The number of benzene rings is 1. The van der Waals surface area contributed by atoms with Crippen LogP contribution < -0.4 is 5.73 Å². The Morgan fingerprint density at radius 2 is 2.00 bits per heavy atom. The number of hydrogen-bond acceptors (Lipinski definition) is 2. The molecule has 2 nitrogen and oxygen atoms in total. The van der Waals surface area contributed by atoms with Crippen LogP contribution in [0.3, 0.4) is 0 Å². The molecule has 0 aliphatic rings. The molecule has 0 bridgehead atoms. The van der Waals surface area contributed by atoms with Crippen molar-refractivity contribution in [2.24, 2.45) is 5.73 Å². The molecular formula is C11H16Cl3NO. The van der Waals surface area contributed by atoms with Crippen LogP contribution in [0.1, 0.15) is 31.4 Å². The third-order valence-electron chi connectivity index (χ3n) is 2.32. The zero-order valence-electron chi connectivity index (χ0n) is 8.99. The van der Waals surface area contributed by atoms with Gasteiger partial charge >= 0.3 is 0 Å². The van der Waals surface area contributed by atoms with Gasteiger partial charge in [-0.2, -0.15) is 0 Å². The van der Waals surface area contributed by atoms with Crippen molar-refractivity contribution in [2.75, 3.05) is 0 Å². The van der Waals surface area contributed by atoms with Crippen molar-refractivity contribution >= 4 is 35.6 Å². The molecular weight excluding hydrogens is 268 g/mol. The van der Waals surface area contributed by atoms with Crippen molar-refractivity contribution < 1.29 is 5.11 Å². The quantitative estimate of drug-likeness (QED) is 0.888. The molecule has 2 atom stereocenters. The van der Waals surface area contributed by atoms with Crippen LogP contribution in [-0.4, -0.2) is 11.2 Å². The van der Waals surface area contributed by atoms with Crippen molar-refractivity contribution in [2.45, 2.75) is 31.9 Å². The molecule has 0 amide bonds. The van der Waals surface area contributed by atoms with Gasteiger partial charge in [-0.3, -0.25) is 0 Å². The van der Waals surface area contributed by atoms with E-state index >= 15 is 0 Å². The predicted molar refractivity (Wildman–Crippen MR) is 71.6 cm³/mol. The molecule has 1 rings (SSSR count). The van der Waals surface area contributed by atoms with E-state index in [4.69, 9.17) is 28.9 Å². The Labute approximate surface area is 112 Å². The maximum atomic E-state index is 9.75. The van der Waals surface area contributed by atoms with E-state index < -0.39 is 12.1 Å². The minimum absolute atomic E-state index is 0. The van der Waals surface area contributed by atoms with Crippen LogP contribution in [0, 0.1) is 0 Å². The van der Waals surface area contributed by atoms with Crippen molar-refractivity contribution in [3.8, 4) is 0 Å². The van der Waals surface area contributed by atoms with Crippen LogP contribution >= 0.6 is 35.6 Å². The summed E-state index contributed by atoms with van der Waals surface area (Å²) in [7, 11) is 0. The molecule has 0 spiro atoms. The van der Waals surface area contributed by atoms with Gasteiger partial charge in [0.2, 0.25) is 0 Å². The summed E-state index contributed by atoms with van der Waals surface area (Å²) in [5, 5.41) is 10.8. The van der Waals surface area contributed by atoms with Crippen LogP contribution in [0.4, 0.5) is 0 Å². The summed E-state index contributed by atoms with van der Waals surface area (Å²) in [5.74, 6) is 0. The Morgan fingerprint density at radius 1 is 1.38 bits per heavy atom. The number of aliphatic hydroxyl groups excluding tert-OH is 1. The third-order valence-corrected chi connectivity index (χ3v) is 2.88. The predicted octanol–water partition coefficient (Wildman–Crippen LogP) is 3.58. The molecule has 0 aliphatic heterocycles. The van der Waals surface area contributed by atoms with Gasteiger partial charge in [-0.15, -0.1) is 12.4 Å². The lowest BCUT2D eigenvalue weighted by atomic mass is 9.99. The molecule has 0 heterocycles. The molecule has 1 aromatic carbocycles. The fraction of sp³-hybridized carbons (Fsp3) is 0.455. The number of hydrogen-bond donors (Lipinski definition) is 2. The highest BCUT2D eigenvalue weighted by Crippen LogP contribution is 2.27. The molecule has 0 unspecified atom stereocenters. The molecule has 0 saturated carbocycles. The van der Waals surface area contributed by atoms with Gasteiger partial charge in [0, 0.05) is 10.0 Å². The fourth-order valence-corrected chi connectivity index (χ4v) is 1.99. The van der Waals surface area contributed by atoms with Crippen LogP contribution in [0.15, 0.2) is 18.2 Å². The van der Waals surface area contributed by atoms with Crippen molar-refractivity contribution in [3.05, 3.63) is 33.8 Å². The summed E-state index contributed by atoms with van der Waals surface area (Å²) in [5.41, 5.74) is 6.64. The van der Waals surface area contributed by atoms with Crippen LogP contribution in [-0.2, 0) is 0 Å². The number of nitrogens with two attached hydrogens (primary N) is 1. The fourth-order valence-electron chi connectivity index (χ4n) is 1.45. The van der Waals surface area contributed by atoms with E-state index in [1.165, 1.54) is 0 Å². The van der Waals surface area contributed by atoms with Crippen molar-refractivity contribution in [1.82, 2.24) is 0 Å². The molecule has 5 heteroatoms.